The summed E-state index contributed by atoms with van der Waals surface area (Å²) in [6.07, 6.45) is 8.56. The Balaban J connectivity index is 0.00000280. The van der Waals surface area contributed by atoms with E-state index in [1.165, 1.54) is 37.9 Å². The van der Waals surface area contributed by atoms with Crippen molar-refractivity contribution >= 4 is 29.9 Å². The Morgan fingerprint density at radius 1 is 1.18 bits per heavy atom. The van der Waals surface area contributed by atoms with Crippen LogP contribution in [0.15, 0.2) is 47.7 Å². The average molecular weight is 496 g/mol. The van der Waals surface area contributed by atoms with E-state index < -0.39 is 0 Å². The fourth-order valence-corrected chi connectivity index (χ4v) is 3.64. The van der Waals surface area contributed by atoms with Gasteiger partial charge in [0, 0.05) is 38.6 Å². The molecule has 1 unspecified atom stereocenters. The third-order valence-electron chi connectivity index (χ3n) is 5.27. The number of guanidine groups is 1. The van der Waals surface area contributed by atoms with E-state index in [9.17, 15) is 0 Å². The number of nitrogens with zero attached hydrogens (tertiary/aromatic N) is 4. The van der Waals surface area contributed by atoms with Gasteiger partial charge in [0.15, 0.2) is 5.96 Å². The third kappa shape index (κ3) is 6.48. The molecule has 1 aliphatic heterocycles. The largest absolute Gasteiger partial charge is 0.356 e. The van der Waals surface area contributed by atoms with Gasteiger partial charge in [0.2, 0.25) is 0 Å². The summed E-state index contributed by atoms with van der Waals surface area (Å²) in [5, 5.41) is 11.2. The molecule has 0 radical (unpaired) electrons. The summed E-state index contributed by atoms with van der Waals surface area (Å²) in [6, 6.07) is 11.1. The van der Waals surface area contributed by atoms with Crippen LogP contribution in [-0.4, -0.2) is 59.9 Å². The van der Waals surface area contributed by atoms with Crippen LogP contribution >= 0.6 is 24.0 Å². The van der Waals surface area contributed by atoms with Crippen molar-refractivity contribution in [3.63, 3.8) is 0 Å². The van der Waals surface area contributed by atoms with E-state index in [2.05, 4.69) is 56.8 Å². The van der Waals surface area contributed by atoms with E-state index in [-0.39, 0.29) is 24.0 Å². The highest BCUT2D eigenvalue weighted by Gasteiger charge is 2.20. The van der Waals surface area contributed by atoms with Crippen molar-refractivity contribution < 1.29 is 0 Å². The third-order valence-corrected chi connectivity index (χ3v) is 5.27. The first-order chi connectivity index (χ1) is 13.3. The van der Waals surface area contributed by atoms with Gasteiger partial charge in [-0.25, -0.2) is 4.68 Å². The Bertz CT molecular complexity index is 692. The summed E-state index contributed by atoms with van der Waals surface area (Å²) >= 11 is 0. The van der Waals surface area contributed by atoms with Gasteiger partial charge < -0.3 is 10.6 Å². The zero-order chi connectivity index (χ0) is 18.9. The molecular formula is C21H33IN6. The molecule has 2 N–H and O–H groups in total. The van der Waals surface area contributed by atoms with Crippen LogP contribution < -0.4 is 10.6 Å². The van der Waals surface area contributed by atoms with E-state index in [0.717, 1.165) is 31.2 Å². The van der Waals surface area contributed by atoms with Crippen molar-refractivity contribution in [2.45, 2.75) is 38.6 Å². The molecule has 154 valence electrons. The summed E-state index contributed by atoms with van der Waals surface area (Å²) in [5.41, 5.74) is 2.39. The average Bonchev–Trinajstić information content (AvgIpc) is 3.42. The van der Waals surface area contributed by atoms with Crippen LogP contribution in [0.25, 0.3) is 5.69 Å². The van der Waals surface area contributed by atoms with Crippen LogP contribution in [0.4, 0.5) is 0 Å². The lowest BCUT2D eigenvalue weighted by molar-refractivity contribution is 0.236. The van der Waals surface area contributed by atoms with Crippen molar-refractivity contribution in [1.82, 2.24) is 25.3 Å². The molecule has 0 amide bonds. The topological polar surface area (TPSA) is 57.5 Å². The van der Waals surface area contributed by atoms with Gasteiger partial charge in [-0.1, -0.05) is 19.1 Å². The highest BCUT2D eigenvalue weighted by Crippen LogP contribution is 2.13. The van der Waals surface area contributed by atoms with E-state index >= 15 is 0 Å². The number of aromatic nitrogens is 2. The van der Waals surface area contributed by atoms with Gasteiger partial charge in [-0.05, 0) is 62.5 Å². The highest BCUT2D eigenvalue weighted by atomic mass is 127. The number of likely N-dealkylation sites (tertiary alicyclic amines) is 1. The minimum atomic E-state index is 0. The predicted octanol–water partition coefficient (Wildman–Crippen LogP) is 3.07. The minimum Gasteiger partial charge on any atom is -0.356 e. The predicted molar refractivity (Wildman–Crippen MR) is 127 cm³/mol. The van der Waals surface area contributed by atoms with Crippen LogP contribution in [0.5, 0.6) is 0 Å². The first-order valence-electron chi connectivity index (χ1n) is 10.1. The van der Waals surface area contributed by atoms with Crippen LogP contribution in [0.1, 0.15) is 31.7 Å². The quantitative estimate of drug-likeness (QED) is 0.335. The van der Waals surface area contributed by atoms with Crippen LogP contribution in [0.2, 0.25) is 0 Å². The second-order valence-electron chi connectivity index (χ2n) is 7.05. The Kier molecular flexibility index (Phi) is 9.77. The van der Waals surface area contributed by atoms with E-state index in [4.69, 9.17) is 0 Å². The van der Waals surface area contributed by atoms with Gasteiger partial charge in [-0.2, -0.15) is 5.10 Å². The monoisotopic (exact) mass is 496 g/mol. The maximum Gasteiger partial charge on any atom is 0.191 e. The number of halogens is 1. The van der Waals surface area contributed by atoms with E-state index in [0.29, 0.717) is 6.04 Å². The zero-order valence-corrected chi connectivity index (χ0v) is 19.3. The number of aliphatic imine (C=N–C) groups is 1. The molecule has 2 heterocycles. The molecule has 1 saturated heterocycles. The standard InChI is InChI=1S/C21H32N6.HI/c1-3-19(26-14-4-5-15-26)17-24-21(22-2)23-13-11-18-7-9-20(10-8-18)27-16-6-12-25-27;/h6-10,12,16,19H,3-5,11,13-15,17H2,1-2H3,(H2,22,23,24);1H. The van der Waals surface area contributed by atoms with Crippen molar-refractivity contribution in [3.8, 4) is 5.69 Å². The maximum absolute atomic E-state index is 4.36. The van der Waals surface area contributed by atoms with Crippen molar-refractivity contribution in [1.29, 1.82) is 0 Å². The number of hydrogen-bond donors (Lipinski definition) is 2. The fourth-order valence-electron chi connectivity index (χ4n) is 3.64. The van der Waals surface area contributed by atoms with Gasteiger partial charge in [0.25, 0.3) is 0 Å². The maximum atomic E-state index is 4.36. The smallest absolute Gasteiger partial charge is 0.191 e. The number of rotatable bonds is 8. The molecule has 6 nitrogen and oxygen atoms in total. The molecular weight excluding hydrogens is 463 g/mol. The summed E-state index contributed by atoms with van der Waals surface area (Å²) < 4.78 is 1.87. The molecule has 1 fully saturated rings. The van der Waals surface area contributed by atoms with Crippen molar-refractivity contribution in [2.24, 2.45) is 4.99 Å². The van der Waals surface area contributed by atoms with Crippen molar-refractivity contribution in [2.75, 3.05) is 33.2 Å². The van der Waals surface area contributed by atoms with Gasteiger partial charge in [0.1, 0.15) is 0 Å². The molecule has 28 heavy (non-hydrogen) atoms. The molecule has 0 bridgehead atoms. The van der Waals surface area contributed by atoms with Gasteiger partial charge in [0.05, 0.1) is 5.69 Å². The fraction of sp³-hybridized carbons (Fsp3) is 0.524. The molecule has 0 aliphatic carbocycles. The molecule has 1 atom stereocenters. The molecule has 1 aromatic heterocycles. The lowest BCUT2D eigenvalue weighted by atomic mass is 10.1. The zero-order valence-electron chi connectivity index (χ0n) is 17.0. The lowest BCUT2D eigenvalue weighted by Crippen LogP contribution is -2.46. The summed E-state index contributed by atoms with van der Waals surface area (Å²) in [5.74, 6) is 0.890. The number of nitrogens with one attached hydrogen (secondary N) is 2. The van der Waals surface area contributed by atoms with Crippen LogP contribution in [0.3, 0.4) is 0 Å². The first-order valence-corrected chi connectivity index (χ1v) is 10.1. The summed E-state index contributed by atoms with van der Waals surface area (Å²) in [6.45, 7) is 6.56. The Morgan fingerprint density at radius 2 is 1.93 bits per heavy atom. The summed E-state index contributed by atoms with van der Waals surface area (Å²) in [4.78, 5) is 6.96. The Labute approximate surface area is 185 Å². The van der Waals surface area contributed by atoms with E-state index in [1.807, 2.05) is 24.0 Å². The second kappa shape index (κ2) is 12.1. The Morgan fingerprint density at radius 3 is 2.54 bits per heavy atom. The molecule has 3 rings (SSSR count). The minimum absolute atomic E-state index is 0. The molecule has 0 saturated carbocycles. The molecule has 0 spiro atoms. The Hall–Kier alpha value is -1.61. The van der Waals surface area contributed by atoms with Crippen molar-refractivity contribution in [3.05, 3.63) is 48.3 Å². The van der Waals surface area contributed by atoms with Gasteiger partial charge >= 0.3 is 0 Å². The SMILES string of the molecule is CCC(CNC(=NC)NCCc1ccc(-n2cccn2)cc1)N1CCCC1.I. The first kappa shape index (κ1) is 22.7. The number of benzene rings is 1. The van der Waals surface area contributed by atoms with Gasteiger partial charge in [-0.3, -0.25) is 9.89 Å². The van der Waals surface area contributed by atoms with Gasteiger partial charge in [-0.15, -0.1) is 24.0 Å². The van der Waals surface area contributed by atoms with Crippen LogP contribution in [0, 0.1) is 0 Å². The molecule has 7 heteroatoms. The normalized spacial score (nSPS) is 15.9. The van der Waals surface area contributed by atoms with Crippen LogP contribution in [-0.2, 0) is 6.42 Å². The van der Waals surface area contributed by atoms with E-state index in [1.54, 1.807) is 6.20 Å². The highest BCUT2D eigenvalue weighted by molar-refractivity contribution is 14.0. The lowest BCUT2D eigenvalue weighted by Gasteiger charge is -2.27. The molecule has 2 aromatic rings. The number of hydrogen-bond acceptors (Lipinski definition) is 3. The molecule has 1 aliphatic rings. The second-order valence-corrected chi connectivity index (χ2v) is 7.05. The molecule has 1 aromatic carbocycles. The summed E-state index contributed by atoms with van der Waals surface area (Å²) in [7, 11) is 1.84.